The van der Waals surface area contributed by atoms with Gasteiger partial charge in [0.1, 0.15) is 5.75 Å². The molecule has 0 aromatic heterocycles. The molecule has 4 nitrogen and oxygen atoms in total. The number of aromatic hydroxyl groups is 1. The predicted molar refractivity (Wildman–Crippen MR) is 76.4 cm³/mol. The number of carbonyl (C=O) groups excluding carboxylic acids is 1. The van der Waals surface area contributed by atoms with Crippen LogP contribution in [0.1, 0.15) is 30.4 Å². The van der Waals surface area contributed by atoms with Gasteiger partial charge in [-0.2, -0.15) is 0 Å². The molecule has 1 amide bonds. The maximum absolute atomic E-state index is 11.9. The van der Waals surface area contributed by atoms with Gasteiger partial charge in [0, 0.05) is 6.42 Å². The molecule has 1 atom stereocenters. The molecule has 104 valence electrons. The molecule has 0 radical (unpaired) electrons. The Morgan fingerprint density at radius 1 is 1.47 bits per heavy atom. The van der Waals surface area contributed by atoms with E-state index in [0.717, 1.165) is 37.1 Å². The monoisotopic (exact) mass is 262 g/mol. The molecule has 3 N–H and O–H groups in total. The van der Waals surface area contributed by atoms with E-state index in [-0.39, 0.29) is 11.7 Å². The van der Waals surface area contributed by atoms with Crippen molar-refractivity contribution < 1.29 is 9.90 Å². The Kier molecular flexibility index (Phi) is 4.43. The second kappa shape index (κ2) is 6.06. The number of rotatable bonds is 4. The minimum atomic E-state index is -0.0211. The summed E-state index contributed by atoms with van der Waals surface area (Å²) in [6.45, 7) is 5.86. The van der Waals surface area contributed by atoms with E-state index in [0.29, 0.717) is 18.0 Å². The van der Waals surface area contributed by atoms with E-state index < -0.39 is 0 Å². The quantitative estimate of drug-likeness (QED) is 0.730. The Labute approximate surface area is 114 Å². The maximum atomic E-state index is 11.9. The fourth-order valence-corrected chi connectivity index (χ4v) is 2.56. The molecule has 2 rings (SSSR count). The third-order valence-corrected chi connectivity index (χ3v) is 3.66. The van der Waals surface area contributed by atoms with E-state index in [4.69, 9.17) is 0 Å². The first-order valence-electron chi connectivity index (χ1n) is 6.87. The molecular weight excluding hydrogens is 240 g/mol. The Bertz CT molecular complexity index is 465. The summed E-state index contributed by atoms with van der Waals surface area (Å²) in [6.07, 6.45) is 2.57. The highest BCUT2D eigenvalue weighted by atomic mass is 16.3. The summed E-state index contributed by atoms with van der Waals surface area (Å²) in [5.41, 5.74) is 2.34. The number of phenols is 1. The van der Waals surface area contributed by atoms with Gasteiger partial charge in [0.05, 0.1) is 5.69 Å². The molecule has 1 heterocycles. The second-order valence-electron chi connectivity index (χ2n) is 5.42. The minimum absolute atomic E-state index is 0.0211. The summed E-state index contributed by atoms with van der Waals surface area (Å²) < 4.78 is 0. The molecule has 1 fully saturated rings. The van der Waals surface area contributed by atoms with Crippen LogP contribution in [0.3, 0.4) is 0 Å². The van der Waals surface area contributed by atoms with Gasteiger partial charge in [-0.05, 0) is 62.9 Å². The highest BCUT2D eigenvalue weighted by Gasteiger charge is 2.16. The lowest BCUT2D eigenvalue weighted by atomic mass is 10.0. The summed E-state index contributed by atoms with van der Waals surface area (Å²) in [5.74, 6) is 0.757. The highest BCUT2D eigenvalue weighted by molar-refractivity contribution is 5.92. The molecule has 0 bridgehead atoms. The lowest BCUT2D eigenvalue weighted by Gasteiger charge is -2.12. The van der Waals surface area contributed by atoms with Gasteiger partial charge in [-0.3, -0.25) is 4.79 Å². The first kappa shape index (κ1) is 13.9. The molecule has 4 heteroatoms. The van der Waals surface area contributed by atoms with Gasteiger partial charge in [0.25, 0.3) is 0 Å². The molecule has 0 aliphatic carbocycles. The van der Waals surface area contributed by atoms with E-state index >= 15 is 0 Å². The average molecular weight is 262 g/mol. The number of anilines is 1. The fourth-order valence-electron chi connectivity index (χ4n) is 2.56. The van der Waals surface area contributed by atoms with Gasteiger partial charge in [0.15, 0.2) is 0 Å². The lowest BCUT2D eigenvalue weighted by Crippen LogP contribution is -2.15. The van der Waals surface area contributed by atoms with Crippen LogP contribution in [0.2, 0.25) is 0 Å². The maximum Gasteiger partial charge on any atom is 0.224 e. The zero-order valence-electron chi connectivity index (χ0n) is 11.6. The number of amides is 1. The van der Waals surface area contributed by atoms with E-state index in [1.807, 2.05) is 19.9 Å². The van der Waals surface area contributed by atoms with Crippen LogP contribution in [0.4, 0.5) is 5.69 Å². The normalized spacial score (nSPS) is 18.5. The molecule has 1 aromatic rings. The van der Waals surface area contributed by atoms with Crippen LogP contribution in [0.15, 0.2) is 12.1 Å². The summed E-state index contributed by atoms with van der Waals surface area (Å²) in [4.78, 5) is 11.9. The molecule has 1 aliphatic heterocycles. The Morgan fingerprint density at radius 3 is 2.95 bits per heavy atom. The number of carbonyl (C=O) groups is 1. The lowest BCUT2D eigenvalue weighted by molar-refractivity contribution is -0.116. The van der Waals surface area contributed by atoms with E-state index in [1.165, 1.54) is 0 Å². The van der Waals surface area contributed by atoms with Crippen molar-refractivity contribution in [3.05, 3.63) is 23.3 Å². The van der Waals surface area contributed by atoms with Gasteiger partial charge in [-0.1, -0.05) is 6.07 Å². The van der Waals surface area contributed by atoms with Crippen LogP contribution in [0.5, 0.6) is 5.75 Å². The van der Waals surface area contributed by atoms with Gasteiger partial charge < -0.3 is 15.7 Å². The molecule has 1 aromatic carbocycles. The van der Waals surface area contributed by atoms with Gasteiger partial charge in [-0.25, -0.2) is 0 Å². The summed E-state index contributed by atoms with van der Waals surface area (Å²) >= 11 is 0. The smallest absolute Gasteiger partial charge is 0.224 e. The van der Waals surface area contributed by atoms with Gasteiger partial charge in [-0.15, -0.1) is 0 Å². The third kappa shape index (κ3) is 3.70. The van der Waals surface area contributed by atoms with Crippen molar-refractivity contribution in [3.63, 3.8) is 0 Å². The largest absolute Gasteiger partial charge is 0.505 e. The molecular formula is C15H22N2O2. The molecule has 1 aliphatic rings. The number of nitrogens with one attached hydrogen (secondary N) is 2. The van der Waals surface area contributed by atoms with Crippen LogP contribution in [-0.2, 0) is 4.79 Å². The topological polar surface area (TPSA) is 61.4 Å². The SMILES string of the molecule is Cc1cc(C)c(O)c(NC(=O)CCC2CCNC2)c1. The Balaban J connectivity index is 1.91. The van der Waals surface area contributed by atoms with E-state index in [1.54, 1.807) is 6.07 Å². The molecule has 0 spiro atoms. The van der Waals surface area contributed by atoms with Crippen LogP contribution < -0.4 is 10.6 Å². The number of aryl methyl sites for hydroxylation is 2. The summed E-state index contributed by atoms with van der Waals surface area (Å²) in [5, 5.41) is 16.0. The van der Waals surface area contributed by atoms with Crippen molar-refractivity contribution >= 4 is 11.6 Å². The van der Waals surface area contributed by atoms with Crippen LogP contribution in [0, 0.1) is 19.8 Å². The Morgan fingerprint density at radius 2 is 2.26 bits per heavy atom. The van der Waals surface area contributed by atoms with Crippen LogP contribution in [0.25, 0.3) is 0 Å². The van der Waals surface area contributed by atoms with Crippen molar-refractivity contribution in [2.24, 2.45) is 5.92 Å². The summed E-state index contributed by atoms with van der Waals surface area (Å²) in [6, 6.07) is 3.70. The molecule has 1 unspecified atom stereocenters. The molecule has 1 saturated heterocycles. The minimum Gasteiger partial charge on any atom is -0.505 e. The first-order chi connectivity index (χ1) is 9.06. The standard InChI is InChI=1S/C15H22N2O2/c1-10-7-11(2)15(19)13(8-10)17-14(18)4-3-12-5-6-16-9-12/h7-8,12,16,19H,3-6,9H2,1-2H3,(H,17,18). The first-order valence-corrected chi connectivity index (χ1v) is 6.87. The molecule has 19 heavy (non-hydrogen) atoms. The van der Waals surface area contributed by atoms with Crippen molar-refractivity contribution in [1.29, 1.82) is 0 Å². The summed E-state index contributed by atoms with van der Waals surface area (Å²) in [7, 11) is 0. The zero-order chi connectivity index (χ0) is 13.8. The third-order valence-electron chi connectivity index (χ3n) is 3.66. The number of hydrogen-bond donors (Lipinski definition) is 3. The average Bonchev–Trinajstić information content (AvgIpc) is 2.86. The second-order valence-corrected chi connectivity index (χ2v) is 5.42. The van der Waals surface area contributed by atoms with E-state index in [2.05, 4.69) is 10.6 Å². The Hall–Kier alpha value is -1.55. The van der Waals surface area contributed by atoms with Crippen molar-refractivity contribution in [3.8, 4) is 5.75 Å². The number of benzene rings is 1. The van der Waals surface area contributed by atoms with Crippen molar-refractivity contribution in [1.82, 2.24) is 5.32 Å². The number of hydrogen-bond acceptors (Lipinski definition) is 3. The molecule has 0 saturated carbocycles. The fraction of sp³-hybridized carbons (Fsp3) is 0.533. The highest BCUT2D eigenvalue weighted by Crippen LogP contribution is 2.29. The number of phenolic OH excluding ortho intramolecular Hbond substituents is 1. The van der Waals surface area contributed by atoms with E-state index in [9.17, 15) is 9.90 Å². The van der Waals surface area contributed by atoms with Crippen molar-refractivity contribution in [2.45, 2.75) is 33.1 Å². The van der Waals surface area contributed by atoms with Gasteiger partial charge in [0.2, 0.25) is 5.91 Å². The van der Waals surface area contributed by atoms with Crippen LogP contribution >= 0.6 is 0 Å². The van der Waals surface area contributed by atoms with Crippen molar-refractivity contribution in [2.75, 3.05) is 18.4 Å². The van der Waals surface area contributed by atoms with Crippen LogP contribution in [-0.4, -0.2) is 24.1 Å². The predicted octanol–water partition coefficient (Wildman–Crippen LogP) is 2.34. The van der Waals surface area contributed by atoms with Gasteiger partial charge >= 0.3 is 0 Å². The zero-order valence-corrected chi connectivity index (χ0v) is 11.6.